The highest BCUT2D eigenvalue weighted by Gasteiger charge is 2.36. The molecule has 3 heteroatoms. The van der Waals surface area contributed by atoms with Gasteiger partial charge in [-0.05, 0) is 82.9 Å². The van der Waals surface area contributed by atoms with Crippen LogP contribution in [0.4, 0.5) is 0 Å². The summed E-state index contributed by atoms with van der Waals surface area (Å²) in [4.78, 5) is 12.2. The molecule has 0 unspecified atom stereocenters. The number of allylic oxidation sites excluding steroid dienone is 18. The quantitative estimate of drug-likeness (QED) is 0.222. The Morgan fingerprint density at radius 2 is 1.30 bits per heavy atom. The van der Waals surface area contributed by atoms with Crippen LogP contribution in [0.25, 0.3) is 0 Å². The number of ketones is 1. The predicted octanol–water partition coefficient (Wildman–Crippen LogP) is 9.17. The number of hydrogen-bond acceptors (Lipinski definition) is 3. The van der Waals surface area contributed by atoms with Crippen LogP contribution in [0.2, 0.25) is 0 Å². The summed E-state index contributed by atoms with van der Waals surface area (Å²) in [5.41, 5.74) is 8.03. The van der Waals surface area contributed by atoms with Crippen molar-refractivity contribution in [1.29, 1.82) is 0 Å². The highest BCUT2D eigenvalue weighted by molar-refractivity contribution is 6.00. The van der Waals surface area contributed by atoms with Crippen LogP contribution < -0.4 is 0 Å². The molecule has 2 atom stereocenters. The largest absolute Gasteiger partial charge is 0.393 e. The van der Waals surface area contributed by atoms with Gasteiger partial charge in [-0.2, -0.15) is 0 Å². The summed E-state index contributed by atoms with van der Waals surface area (Å²) in [6.07, 6.45) is 25.3. The number of Topliss-reactive ketones (excluding diaryl/α,β-unsaturated/α-hetero) is 1. The lowest BCUT2D eigenvalue weighted by Gasteiger charge is -2.34. The summed E-state index contributed by atoms with van der Waals surface area (Å²) in [5.74, 6) is 6.49. The van der Waals surface area contributed by atoms with Crippen LogP contribution in [0, 0.1) is 22.7 Å². The van der Waals surface area contributed by atoms with Crippen molar-refractivity contribution >= 4 is 5.78 Å². The van der Waals surface area contributed by atoms with Crippen LogP contribution in [0.5, 0.6) is 0 Å². The molecule has 0 aromatic rings. The van der Waals surface area contributed by atoms with Gasteiger partial charge in [-0.15, -0.1) is 0 Å². The first-order valence-electron chi connectivity index (χ1n) is 15.3. The minimum absolute atomic E-state index is 0.0916. The summed E-state index contributed by atoms with van der Waals surface area (Å²) in [6, 6.07) is 0. The number of aliphatic hydroxyl groups excluding tert-OH is 2. The lowest BCUT2D eigenvalue weighted by molar-refractivity contribution is -0.125. The molecule has 0 heterocycles. The molecule has 0 bridgehead atoms. The van der Waals surface area contributed by atoms with E-state index in [1.807, 2.05) is 62.5 Å². The van der Waals surface area contributed by atoms with Gasteiger partial charge in [0.05, 0.1) is 6.10 Å². The zero-order chi connectivity index (χ0) is 32.4. The molecular weight excluding hydrogens is 528 g/mol. The first-order valence-corrected chi connectivity index (χ1v) is 15.3. The molecular formula is C40H52O3. The third kappa shape index (κ3) is 11.3. The average Bonchev–Trinajstić information content (AvgIpc) is 2.88. The SMILES string of the molecule is CC(C#CC1=C(C)C[C@@H](O)CC1(C)C)=CC=CC(C)=CC=CC=C(C)C=CC=C(C)C=CC1=C(C)C(=O)[C@@H](O)CC1(C)C. The maximum atomic E-state index is 12.2. The van der Waals surface area contributed by atoms with E-state index in [9.17, 15) is 15.0 Å². The molecule has 0 radical (unpaired) electrons. The van der Waals surface area contributed by atoms with E-state index >= 15 is 0 Å². The maximum absolute atomic E-state index is 12.2. The van der Waals surface area contributed by atoms with E-state index in [0.717, 1.165) is 39.9 Å². The Labute approximate surface area is 261 Å². The van der Waals surface area contributed by atoms with Gasteiger partial charge in [-0.1, -0.05) is 135 Å². The molecule has 0 aromatic carbocycles. The van der Waals surface area contributed by atoms with Crippen molar-refractivity contribution in [3.63, 3.8) is 0 Å². The molecule has 0 aromatic heterocycles. The zero-order valence-corrected chi connectivity index (χ0v) is 28.0. The van der Waals surface area contributed by atoms with Gasteiger partial charge in [0, 0.05) is 11.0 Å². The van der Waals surface area contributed by atoms with E-state index in [0.29, 0.717) is 18.4 Å². The van der Waals surface area contributed by atoms with Crippen molar-refractivity contribution in [3.8, 4) is 11.8 Å². The Bertz CT molecular complexity index is 1430. The van der Waals surface area contributed by atoms with Crippen molar-refractivity contribution in [1.82, 2.24) is 0 Å². The number of carbonyl (C=O) groups is 1. The molecule has 0 aliphatic heterocycles. The van der Waals surface area contributed by atoms with Gasteiger partial charge in [0.25, 0.3) is 0 Å². The van der Waals surface area contributed by atoms with Crippen molar-refractivity contribution in [2.75, 3.05) is 0 Å². The van der Waals surface area contributed by atoms with E-state index in [2.05, 4.69) is 84.6 Å². The van der Waals surface area contributed by atoms with Crippen molar-refractivity contribution in [2.24, 2.45) is 10.8 Å². The summed E-state index contributed by atoms with van der Waals surface area (Å²) >= 11 is 0. The summed E-state index contributed by atoms with van der Waals surface area (Å²) < 4.78 is 0. The second-order valence-electron chi connectivity index (χ2n) is 13.4. The van der Waals surface area contributed by atoms with Gasteiger partial charge in [-0.25, -0.2) is 0 Å². The van der Waals surface area contributed by atoms with Gasteiger partial charge in [0.2, 0.25) is 0 Å². The smallest absolute Gasteiger partial charge is 0.187 e. The lowest BCUT2D eigenvalue weighted by Crippen LogP contribution is -2.35. The predicted molar refractivity (Wildman–Crippen MR) is 183 cm³/mol. The highest BCUT2D eigenvalue weighted by atomic mass is 16.3. The standard InChI is InChI=1S/C40H52O3/c1-28(17-13-19-30(3)21-23-35-32(5)25-34(41)26-39(35,7)8)15-11-12-16-29(2)18-14-20-31(4)22-24-36-33(6)38(43)37(42)27-40(36,9)10/h11-20,22,24,34,37,41-42H,25-27H2,1-10H3/t34-,37+/m1/s1. The fraction of sp³-hybridized carbons (Fsp3) is 0.425. The summed E-state index contributed by atoms with van der Waals surface area (Å²) in [5, 5.41) is 20.1. The first-order chi connectivity index (χ1) is 20.0. The molecule has 0 spiro atoms. The summed E-state index contributed by atoms with van der Waals surface area (Å²) in [7, 11) is 0. The monoisotopic (exact) mass is 580 g/mol. The molecule has 2 aliphatic rings. The maximum Gasteiger partial charge on any atom is 0.187 e. The topological polar surface area (TPSA) is 57.5 Å². The minimum atomic E-state index is -0.900. The molecule has 0 fully saturated rings. The van der Waals surface area contributed by atoms with E-state index < -0.39 is 6.10 Å². The number of aliphatic hydroxyl groups is 2. The second kappa shape index (κ2) is 15.9. The molecule has 2 N–H and O–H groups in total. The fourth-order valence-electron chi connectivity index (χ4n) is 5.69. The molecule has 0 amide bonds. The van der Waals surface area contributed by atoms with Crippen LogP contribution in [0.1, 0.15) is 88.5 Å². The summed E-state index contributed by atoms with van der Waals surface area (Å²) in [6.45, 7) is 20.5. The minimum Gasteiger partial charge on any atom is -0.393 e. The van der Waals surface area contributed by atoms with Gasteiger partial charge in [-0.3, -0.25) is 4.79 Å². The Balaban J connectivity index is 1.94. The Hall–Kier alpha value is -3.45. The molecule has 3 nitrogen and oxygen atoms in total. The van der Waals surface area contributed by atoms with E-state index in [1.165, 1.54) is 5.57 Å². The van der Waals surface area contributed by atoms with Crippen LogP contribution in [-0.2, 0) is 4.79 Å². The molecule has 0 saturated carbocycles. The third-order valence-electron chi connectivity index (χ3n) is 8.05. The lowest BCUT2D eigenvalue weighted by atomic mass is 9.71. The Morgan fingerprint density at radius 3 is 1.88 bits per heavy atom. The Morgan fingerprint density at radius 1 is 0.767 bits per heavy atom. The van der Waals surface area contributed by atoms with Crippen LogP contribution in [0.3, 0.4) is 0 Å². The zero-order valence-electron chi connectivity index (χ0n) is 28.0. The Kier molecular flexibility index (Phi) is 13.2. The fourth-order valence-corrected chi connectivity index (χ4v) is 5.69. The third-order valence-corrected chi connectivity index (χ3v) is 8.05. The number of carbonyl (C=O) groups excluding carboxylic acids is 1. The van der Waals surface area contributed by atoms with Crippen molar-refractivity contribution < 1.29 is 15.0 Å². The van der Waals surface area contributed by atoms with Crippen LogP contribution in [-0.4, -0.2) is 28.2 Å². The second-order valence-corrected chi connectivity index (χ2v) is 13.4. The van der Waals surface area contributed by atoms with Gasteiger partial charge >= 0.3 is 0 Å². The van der Waals surface area contributed by atoms with Crippen molar-refractivity contribution in [2.45, 2.75) is 101 Å². The van der Waals surface area contributed by atoms with Gasteiger partial charge < -0.3 is 10.2 Å². The van der Waals surface area contributed by atoms with E-state index in [1.54, 1.807) is 6.92 Å². The van der Waals surface area contributed by atoms with Crippen LogP contribution in [0.15, 0.2) is 117 Å². The first kappa shape index (κ1) is 35.7. The molecule has 2 aliphatic carbocycles. The molecule has 2 rings (SSSR count). The van der Waals surface area contributed by atoms with Crippen LogP contribution >= 0.6 is 0 Å². The van der Waals surface area contributed by atoms with Crippen molar-refractivity contribution in [3.05, 3.63) is 117 Å². The van der Waals surface area contributed by atoms with E-state index in [-0.39, 0.29) is 22.7 Å². The molecule has 43 heavy (non-hydrogen) atoms. The molecule has 0 saturated heterocycles. The van der Waals surface area contributed by atoms with Gasteiger partial charge in [0.15, 0.2) is 5.78 Å². The van der Waals surface area contributed by atoms with E-state index in [4.69, 9.17) is 0 Å². The average molecular weight is 581 g/mol. The number of hydrogen-bond donors (Lipinski definition) is 2. The van der Waals surface area contributed by atoms with Gasteiger partial charge in [0.1, 0.15) is 6.10 Å². The number of rotatable bonds is 8. The molecule has 230 valence electrons. The normalized spacial score (nSPS) is 24.2. The highest BCUT2D eigenvalue weighted by Crippen LogP contribution is 2.40.